The van der Waals surface area contributed by atoms with E-state index in [0.717, 1.165) is 45.0 Å². The van der Waals surface area contributed by atoms with Gasteiger partial charge < -0.3 is 15.3 Å². The Bertz CT molecular complexity index is 898. The largest absolute Gasteiger partial charge is 0.481 e. The van der Waals surface area contributed by atoms with Crippen molar-refractivity contribution in [3.8, 4) is 0 Å². The van der Waals surface area contributed by atoms with Crippen LogP contribution in [-0.4, -0.2) is 48.2 Å². The molecule has 0 aromatic heterocycles. The molecule has 4 rings (SSSR count). The van der Waals surface area contributed by atoms with Crippen molar-refractivity contribution in [1.29, 1.82) is 0 Å². The smallest absolute Gasteiger partial charge is 0.304 e. The second-order valence-corrected chi connectivity index (χ2v) is 9.12. The summed E-state index contributed by atoms with van der Waals surface area (Å²) in [6.45, 7) is 2.84. The van der Waals surface area contributed by atoms with Gasteiger partial charge in [0.1, 0.15) is 0 Å². The minimum Gasteiger partial charge on any atom is -0.481 e. The fourth-order valence-electron chi connectivity index (χ4n) is 4.85. The first-order chi connectivity index (χ1) is 15.0. The molecule has 2 atom stereocenters. The van der Waals surface area contributed by atoms with Crippen LogP contribution < -0.4 is 5.32 Å². The molecule has 1 heterocycles. The lowest BCUT2D eigenvalue weighted by Gasteiger charge is -2.42. The van der Waals surface area contributed by atoms with E-state index >= 15 is 0 Å². The summed E-state index contributed by atoms with van der Waals surface area (Å²) in [6, 6.07) is 15.3. The number of hydrogen-bond acceptors (Lipinski definition) is 3. The van der Waals surface area contributed by atoms with Crippen LogP contribution in [-0.2, 0) is 11.2 Å². The maximum absolute atomic E-state index is 14.4. The van der Waals surface area contributed by atoms with Gasteiger partial charge in [-0.15, -0.1) is 0 Å². The molecule has 4 nitrogen and oxygen atoms in total. The molecule has 31 heavy (non-hydrogen) atoms. The zero-order valence-corrected chi connectivity index (χ0v) is 17.7. The van der Waals surface area contributed by atoms with E-state index in [4.69, 9.17) is 5.11 Å². The van der Waals surface area contributed by atoms with E-state index in [0.29, 0.717) is 30.5 Å². The highest BCUT2D eigenvalue weighted by Gasteiger charge is 2.41. The minimum atomic E-state index is -0.800. The molecule has 0 amide bonds. The molecule has 2 fully saturated rings. The number of piperidine rings is 1. The Morgan fingerprint density at radius 2 is 1.84 bits per heavy atom. The Kier molecular flexibility index (Phi) is 6.68. The van der Waals surface area contributed by atoms with E-state index in [9.17, 15) is 13.6 Å². The summed E-state index contributed by atoms with van der Waals surface area (Å²) in [7, 11) is 0. The topological polar surface area (TPSA) is 52.6 Å². The van der Waals surface area contributed by atoms with Crippen LogP contribution >= 0.6 is 0 Å². The number of benzene rings is 2. The number of nitrogens with one attached hydrogen (secondary N) is 1. The maximum Gasteiger partial charge on any atom is 0.304 e. The van der Waals surface area contributed by atoms with Crippen molar-refractivity contribution < 1.29 is 18.7 Å². The number of rotatable bonds is 9. The maximum atomic E-state index is 14.4. The third-order valence-corrected chi connectivity index (χ3v) is 6.91. The molecule has 1 aliphatic heterocycles. The highest BCUT2D eigenvalue weighted by Crippen LogP contribution is 2.42. The van der Waals surface area contributed by atoms with Crippen molar-refractivity contribution in [2.75, 3.05) is 26.2 Å². The predicted molar refractivity (Wildman–Crippen MR) is 116 cm³/mol. The zero-order chi connectivity index (χ0) is 21.8. The number of likely N-dealkylation sites (tertiary alicyclic amines) is 1. The van der Waals surface area contributed by atoms with Crippen LogP contribution in [0, 0.1) is 17.0 Å². The second-order valence-electron chi connectivity index (χ2n) is 9.12. The average molecular weight is 429 g/mol. The molecular weight excluding hydrogens is 398 g/mol. The Balaban J connectivity index is 1.42. The van der Waals surface area contributed by atoms with Crippen molar-refractivity contribution in [2.45, 2.75) is 44.1 Å². The van der Waals surface area contributed by atoms with Crippen molar-refractivity contribution in [3.05, 3.63) is 71.3 Å². The zero-order valence-electron chi connectivity index (χ0n) is 17.7. The van der Waals surface area contributed by atoms with Crippen molar-refractivity contribution in [2.24, 2.45) is 5.41 Å². The fraction of sp³-hybridized carbons (Fsp3) is 0.480. The van der Waals surface area contributed by atoms with Gasteiger partial charge in [-0.25, -0.2) is 8.78 Å². The monoisotopic (exact) mass is 428 g/mol. The van der Waals surface area contributed by atoms with Crippen LogP contribution in [0.5, 0.6) is 0 Å². The standard InChI is InChI=1S/C25H30F2N2O2/c26-21-8-4-7-19(24(21)27)16-25(10-13-29(14-11-25)12-9-23(30)31)17-28-22-15-20(22)18-5-2-1-3-6-18/h1-8,20,22,28H,9-17H2,(H,30,31). The van der Waals surface area contributed by atoms with Crippen LogP contribution in [0.4, 0.5) is 8.78 Å². The Labute approximate surface area is 182 Å². The van der Waals surface area contributed by atoms with Crippen LogP contribution in [0.15, 0.2) is 48.5 Å². The van der Waals surface area contributed by atoms with E-state index in [1.807, 2.05) is 6.07 Å². The SMILES string of the molecule is O=C(O)CCN1CCC(CNC2CC2c2ccccc2)(Cc2cccc(F)c2F)CC1. The van der Waals surface area contributed by atoms with Gasteiger partial charge in [0, 0.05) is 25.0 Å². The first-order valence-electron chi connectivity index (χ1n) is 11.1. The van der Waals surface area contributed by atoms with Crippen LogP contribution in [0.25, 0.3) is 0 Å². The Morgan fingerprint density at radius 3 is 2.55 bits per heavy atom. The average Bonchev–Trinajstić information content (AvgIpc) is 3.56. The molecule has 6 heteroatoms. The molecule has 1 aliphatic carbocycles. The Morgan fingerprint density at radius 1 is 1.10 bits per heavy atom. The van der Waals surface area contributed by atoms with Crippen LogP contribution in [0.1, 0.15) is 42.7 Å². The third kappa shape index (κ3) is 5.49. The number of halogens is 2. The Hall–Kier alpha value is -2.31. The minimum absolute atomic E-state index is 0.130. The molecule has 2 unspecified atom stereocenters. The van der Waals surface area contributed by atoms with Gasteiger partial charge in [-0.3, -0.25) is 4.79 Å². The van der Waals surface area contributed by atoms with Gasteiger partial charge in [0.25, 0.3) is 0 Å². The first kappa shape index (κ1) is 21.9. The molecule has 2 N–H and O–H groups in total. The molecule has 1 saturated heterocycles. The number of aliphatic carboxylic acids is 1. The van der Waals surface area contributed by atoms with Crippen LogP contribution in [0.2, 0.25) is 0 Å². The third-order valence-electron chi connectivity index (χ3n) is 6.91. The summed E-state index contributed by atoms with van der Waals surface area (Å²) in [5.74, 6) is -1.82. The van der Waals surface area contributed by atoms with Gasteiger partial charge >= 0.3 is 5.97 Å². The van der Waals surface area contributed by atoms with E-state index < -0.39 is 17.6 Å². The van der Waals surface area contributed by atoms with Crippen LogP contribution in [0.3, 0.4) is 0 Å². The lowest BCUT2D eigenvalue weighted by molar-refractivity contribution is -0.137. The highest BCUT2D eigenvalue weighted by atomic mass is 19.2. The molecule has 0 radical (unpaired) electrons. The quantitative estimate of drug-likeness (QED) is 0.628. The molecule has 2 aromatic carbocycles. The molecule has 166 valence electrons. The molecule has 0 bridgehead atoms. The molecule has 2 aromatic rings. The number of hydrogen-bond donors (Lipinski definition) is 2. The number of carboxylic acids is 1. The summed E-state index contributed by atoms with van der Waals surface area (Å²) in [6.07, 6.45) is 3.37. The predicted octanol–water partition coefficient (Wildman–Crippen LogP) is 4.21. The second kappa shape index (κ2) is 9.45. The lowest BCUT2D eigenvalue weighted by atomic mass is 9.73. The van der Waals surface area contributed by atoms with Crippen molar-refractivity contribution in [3.63, 3.8) is 0 Å². The van der Waals surface area contributed by atoms with Crippen molar-refractivity contribution in [1.82, 2.24) is 10.2 Å². The summed E-state index contributed by atoms with van der Waals surface area (Å²) >= 11 is 0. The lowest BCUT2D eigenvalue weighted by Crippen LogP contribution is -2.47. The van der Waals surface area contributed by atoms with Gasteiger partial charge in [0.05, 0.1) is 6.42 Å². The first-order valence-corrected chi connectivity index (χ1v) is 11.1. The van der Waals surface area contributed by atoms with Crippen molar-refractivity contribution >= 4 is 5.97 Å². The summed E-state index contributed by atoms with van der Waals surface area (Å²) in [4.78, 5) is 13.1. The van der Waals surface area contributed by atoms with Gasteiger partial charge in [-0.1, -0.05) is 42.5 Å². The van der Waals surface area contributed by atoms with E-state index in [1.54, 1.807) is 12.1 Å². The number of carbonyl (C=O) groups is 1. The van der Waals surface area contributed by atoms with E-state index in [2.05, 4.69) is 34.5 Å². The van der Waals surface area contributed by atoms with Gasteiger partial charge in [0.2, 0.25) is 0 Å². The van der Waals surface area contributed by atoms with Gasteiger partial charge in [0.15, 0.2) is 11.6 Å². The summed E-state index contributed by atoms with van der Waals surface area (Å²) in [5.41, 5.74) is 1.60. The highest BCUT2D eigenvalue weighted by molar-refractivity contribution is 5.66. The fourth-order valence-corrected chi connectivity index (χ4v) is 4.85. The molecular formula is C25H30F2N2O2. The molecule has 1 saturated carbocycles. The number of carboxylic acid groups (broad SMARTS) is 1. The van der Waals surface area contributed by atoms with Gasteiger partial charge in [-0.2, -0.15) is 0 Å². The summed E-state index contributed by atoms with van der Waals surface area (Å²) < 4.78 is 28.2. The normalized spacial score (nSPS) is 22.9. The van der Waals surface area contributed by atoms with E-state index in [1.165, 1.54) is 5.56 Å². The molecule has 0 spiro atoms. The number of nitrogens with zero attached hydrogens (tertiary/aromatic N) is 1. The molecule has 2 aliphatic rings. The van der Waals surface area contributed by atoms with Gasteiger partial charge in [-0.05, 0) is 61.4 Å². The summed E-state index contributed by atoms with van der Waals surface area (Å²) in [5, 5.41) is 12.7. The van der Waals surface area contributed by atoms with E-state index in [-0.39, 0.29) is 11.8 Å².